The van der Waals surface area contributed by atoms with Crippen LogP contribution >= 0.6 is 31.9 Å². The molecule has 3 nitrogen and oxygen atoms in total. The summed E-state index contributed by atoms with van der Waals surface area (Å²) >= 11 is 6.89. The molecular weight excluding hydrogens is 432 g/mol. The summed E-state index contributed by atoms with van der Waals surface area (Å²) in [7, 11) is 0. The van der Waals surface area contributed by atoms with Crippen LogP contribution in [-0.2, 0) is 0 Å². The minimum Gasteiger partial charge on any atom is -0.296 e. The van der Waals surface area contributed by atoms with Crippen molar-refractivity contribution in [1.82, 2.24) is 5.43 Å². The Morgan fingerprint density at radius 1 is 0.708 bits per heavy atom. The number of anilines is 1. The molecule has 0 saturated carbocycles. The molecule has 0 saturated heterocycles. The molecular formula is C19H14Br2N2O. The normalized spacial score (nSPS) is 10.2. The van der Waals surface area contributed by atoms with E-state index in [9.17, 15) is 4.79 Å². The number of hydrazine groups is 1. The first-order valence-corrected chi connectivity index (χ1v) is 8.89. The second-order valence-electron chi connectivity index (χ2n) is 5.12. The maximum Gasteiger partial charge on any atom is 0.269 e. The highest BCUT2D eigenvalue weighted by molar-refractivity contribution is 9.11. The molecule has 0 aromatic heterocycles. The number of amides is 1. The first kappa shape index (κ1) is 16.7. The minimum atomic E-state index is -0.197. The number of carbonyl (C=O) groups is 1. The van der Waals surface area contributed by atoms with Crippen LogP contribution in [0.4, 0.5) is 5.69 Å². The third-order valence-electron chi connectivity index (χ3n) is 3.52. The van der Waals surface area contributed by atoms with Gasteiger partial charge < -0.3 is 0 Å². The molecule has 0 unspecified atom stereocenters. The number of para-hydroxylation sites is 1. The van der Waals surface area contributed by atoms with Gasteiger partial charge in [0.1, 0.15) is 0 Å². The molecule has 0 heterocycles. The molecule has 0 spiro atoms. The van der Waals surface area contributed by atoms with Crippen molar-refractivity contribution in [3.05, 3.63) is 87.3 Å². The maximum absolute atomic E-state index is 12.3. The van der Waals surface area contributed by atoms with E-state index in [-0.39, 0.29) is 5.91 Å². The molecule has 24 heavy (non-hydrogen) atoms. The summed E-state index contributed by atoms with van der Waals surface area (Å²) in [6.45, 7) is 0. The van der Waals surface area contributed by atoms with Crippen LogP contribution in [0.15, 0.2) is 81.7 Å². The molecule has 0 atom stereocenters. The summed E-state index contributed by atoms with van der Waals surface area (Å²) < 4.78 is 1.72. The number of halogens is 2. The summed E-state index contributed by atoms with van der Waals surface area (Å²) in [5, 5.41) is 0. The van der Waals surface area contributed by atoms with Gasteiger partial charge in [0, 0.05) is 14.5 Å². The number of hydrogen-bond acceptors (Lipinski definition) is 2. The molecule has 120 valence electrons. The lowest BCUT2D eigenvalue weighted by molar-refractivity contribution is 0.0962. The monoisotopic (exact) mass is 444 g/mol. The fraction of sp³-hybridized carbons (Fsp3) is 0. The first-order valence-electron chi connectivity index (χ1n) is 7.31. The lowest BCUT2D eigenvalue weighted by Crippen LogP contribution is -2.29. The van der Waals surface area contributed by atoms with E-state index >= 15 is 0 Å². The van der Waals surface area contributed by atoms with Gasteiger partial charge >= 0.3 is 0 Å². The molecule has 0 aliphatic carbocycles. The molecule has 0 aliphatic heterocycles. The number of carbonyl (C=O) groups excluding carboxylic acids is 1. The first-order chi connectivity index (χ1) is 11.6. The molecule has 0 fully saturated rings. The molecule has 0 radical (unpaired) electrons. The zero-order valence-corrected chi connectivity index (χ0v) is 15.8. The molecule has 3 aromatic carbocycles. The van der Waals surface area contributed by atoms with Crippen LogP contribution in [0.5, 0.6) is 0 Å². The fourth-order valence-corrected chi connectivity index (χ4v) is 3.45. The fourth-order valence-electron chi connectivity index (χ4n) is 2.25. The van der Waals surface area contributed by atoms with Gasteiger partial charge in [0.25, 0.3) is 5.91 Å². The summed E-state index contributed by atoms with van der Waals surface area (Å²) in [6, 6.07) is 23.3. The Kier molecular flexibility index (Phi) is 5.33. The Morgan fingerprint density at radius 2 is 1.29 bits per heavy atom. The molecule has 3 aromatic rings. The number of nitrogens with one attached hydrogen (secondary N) is 2. The molecule has 5 heteroatoms. The summed E-state index contributed by atoms with van der Waals surface area (Å²) in [4.78, 5) is 12.3. The van der Waals surface area contributed by atoms with Gasteiger partial charge in [-0.3, -0.25) is 15.6 Å². The number of rotatable bonds is 4. The highest BCUT2D eigenvalue weighted by Crippen LogP contribution is 2.29. The van der Waals surface area contributed by atoms with Gasteiger partial charge in [-0.15, -0.1) is 0 Å². The lowest BCUT2D eigenvalue weighted by atomic mass is 10.0. The Morgan fingerprint density at radius 3 is 1.92 bits per heavy atom. The van der Waals surface area contributed by atoms with E-state index < -0.39 is 0 Å². The van der Waals surface area contributed by atoms with E-state index in [0.29, 0.717) is 5.56 Å². The van der Waals surface area contributed by atoms with Crippen LogP contribution in [0.2, 0.25) is 0 Å². The summed E-state index contributed by atoms with van der Waals surface area (Å²) in [5.41, 5.74) is 9.20. The van der Waals surface area contributed by atoms with Gasteiger partial charge in [-0.05, 0) is 67.3 Å². The van der Waals surface area contributed by atoms with Crippen LogP contribution in [-0.4, -0.2) is 5.91 Å². The highest BCUT2D eigenvalue weighted by Gasteiger charge is 2.08. The van der Waals surface area contributed by atoms with Crippen molar-refractivity contribution in [2.24, 2.45) is 0 Å². The van der Waals surface area contributed by atoms with Crippen molar-refractivity contribution in [3.63, 3.8) is 0 Å². The van der Waals surface area contributed by atoms with E-state index in [4.69, 9.17) is 0 Å². The van der Waals surface area contributed by atoms with Crippen LogP contribution in [0, 0.1) is 0 Å². The number of hydrogen-bond donors (Lipinski definition) is 2. The maximum atomic E-state index is 12.3. The van der Waals surface area contributed by atoms with Gasteiger partial charge in [0.2, 0.25) is 0 Å². The van der Waals surface area contributed by atoms with Crippen LogP contribution in [0.3, 0.4) is 0 Å². The summed E-state index contributed by atoms with van der Waals surface area (Å²) in [6.07, 6.45) is 0. The van der Waals surface area contributed by atoms with E-state index in [1.165, 1.54) is 0 Å². The Hall–Kier alpha value is -2.11. The van der Waals surface area contributed by atoms with Gasteiger partial charge in [-0.2, -0.15) is 0 Å². The molecule has 0 aliphatic rings. The van der Waals surface area contributed by atoms with Crippen molar-refractivity contribution >= 4 is 43.5 Å². The second kappa shape index (κ2) is 7.64. The molecule has 3 rings (SSSR count). The van der Waals surface area contributed by atoms with E-state index in [1.54, 1.807) is 0 Å². The third kappa shape index (κ3) is 3.86. The quantitative estimate of drug-likeness (QED) is 0.510. The molecule has 1 amide bonds. The Labute approximate surface area is 157 Å². The van der Waals surface area contributed by atoms with Gasteiger partial charge in [0.05, 0.1) is 5.69 Å². The topological polar surface area (TPSA) is 41.1 Å². The Balaban J connectivity index is 1.70. The second-order valence-corrected chi connectivity index (χ2v) is 6.83. The zero-order valence-electron chi connectivity index (χ0n) is 12.6. The molecule has 0 bridgehead atoms. The molecule has 2 N–H and O–H groups in total. The third-order valence-corrected chi connectivity index (χ3v) is 4.84. The van der Waals surface area contributed by atoms with E-state index in [1.807, 2.05) is 72.8 Å². The minimum absolute atomic E-state index is 0.197. The van der Waals surface area contributed by atoms with E-state index in [2.05, 4.69) is 42.7 Å². The standard InChI is InChI=1S/C19H14Br2N2O/c20-16-7-4-8-17(21)18(16)22-23-19(24)15-11-9-14(10-12-15)13-5-2-1-3-6-13/h1-12,22H,(H,23,24). The summed E-state index contributed by atoms with van der Waals surface area (Å²) in [5.74, 6) is -0.197. The van der Waals surface area contributed by atoms with Crippen molar-refractivity contribution in [2.75, 3.05) is 5.43 Å². The smallest absolute Gasteiger partial charge is 0.269 e. The largest absolute Gasteiger partial charge is 0.296 e. The van der Waals surface area contributed by atoms with Gasteiger partial charge in [-0.1, -0.05) is 48.5 Å². The average Bonchev–Trinajstić information content (AvgIpc) is 2.62. The van der Waals surface area contributed by atoms with Gasteiger partial charge in [0.15, 0.2) is 0 Å². The lowest BCUT2D eigenvalue weighted by Gasteiger charge is -2.12. The van der Waals surface area contributed by atoms with Gasteiger partial charge in [-0.25, -0.2) is 0 Å². The Bertz CT molecular complexity index is 829. The van der Waals surface area contributed by atoms with Crippen molar-refractivity contribution < 1.29 is 4.79 Å². The SMILES string of the molecule is O=C(NNc1c(Br)cccc1Br)c1ccc(-c2ccccc2)cc1. The predicted octanol–water partition coefficient (Wildman–Crippen LogP) is 5.64. The van der Waals surface area contributed by atoms with E-state index in [0.717, 1.165) is 25.8 Å². The predicted molar refractivity (Wildman–Crippen MR) is 105 cm³/mol. The highest BCUT2D eigenvalue weighted by atomic mass is 79.9. The van der Waals surface area contributed by atoms with Crippen molar-refractivity contribution in [2.45, 2.75) is 0 Å². The van der Waals surface area contributed by atoms with Crippen molar-refractivity contribution in [1.29, 1.82) is 0 Å². The number of benzene rings is 3. The van der Waals surface area contributed by atoms with Crippen LogP contribution in [0.1, 0.15) is 10.4 Å². The zero-order chi connectivity index (χ0) is 16.9. The van der Waals surface area contributed by atoms with Crippen LogP contribution in [0.25, 0.3) is 11.1 Å². The average molecular weight is 446 g/mol. The van der Waals surface area contributed by atoms with Crippen LogP contribution < -0.4 is 10.9 Å². The van der Waals surface area contributed by atoms with Crippen molar-refractivity contribution in [3.8, 4) is 11.1 Å².